The monoisotopic (exact) mass is 436 g/mol. The lowest BCUT2D eigenvalue weighted by atomic mass is 10.1. The van der Waals surface area contributed by atoms with E-state index in [-0.39, 0.29) is 42.0 Å². The van der Waals surface area contributed by atoms with Crippen molar-refractivity contribution in [3.63, 3.8) is 0 Å². The minimum Gasteiger partial charge on any atom is -0.354 e. The molecule has 1 amide bonds. The van der Waals surface area contributed by atoms with E-state index in [9.17, 15) is 4.79 Å². The van der Waals surface area contributed by atoms with Crippen LogP contribution in [-0.4, -0.2) is 59.3 Å². The summed E-state index contributed by atoms with van der Waals surface area (Å²) in [5.74, 6) is 0.661. The Morgan fingerprint density at radius 2 is 2.09 bits per heavy atom. The third-order valence-electron chi connectivity index (χ3n) is 2.85. The average molecular weight is 436 g/mol. The van der Waals surface area contributed by atoms with Crippen molar-refractivity contribution in [3.05, 3.63) is 18.0 Å². The number of carbonyl (C=O) groups is 1. The predicted molar refractivity (Wildman–Crippen MR) is 104 cm³/mol. The van der Waals surface area contributed by atoms with Crippen LogP contribution in [0.3, 0.4) is 0 Å². The van der Waals surface area contributed by atoms with Crippen LogP contribution < -0.4 is 10.6 Å². The summed E-state index contributed by atoms with van der Waals surface area (Å²) in [7, 11) is 3.55. The maximum atomic E-state index is 11.9. The summed E-state index contributed by atoms with van der Waals surface area (Å²) in [6, 6.07) is 0. The van der Waals surface area contributed by atoms with Gasteiger partial charge in [0.1, 0.15) is 0 Å². The van der Waals surface area contributed by atoms with Crippen molar-refractivity contribution in [3.8, 4) is 0 Å². The number of nitrogens with one attached hydrogen (secondary N) is 2. The van der Waals surface area contributed by atoms with E-state index in [4.69, 9.17) is 0 Å². The maximum absolute atomic E-state index is 11.9. The second-order valence-corrected chi connectivity index (χ2v) is 6.41. The highest BCUT2D eigenvalue weighted by Crippen LogP contribution is 1.98. The highest BCUT2D eigenvalue weighted by Gasteiger charge is 2.16. The first-order chi connectivity index (χ1) is 10.2. The van der Waals surface area contributed by atoms with Crippen LogP contribution in [0, 0.1) is 6.92 Å². The minimum atomic E-state index is -0.229. The van der Waals surface area contributed by atoms with Crippen molar-refractivity contribution >= 4 is 35.8 Å². The van der Waals surface area contributed by atoms with Gasteiger partial charge in [-0.2, -0.15) is 5.10 Å². The van der Waals surface area contributed by atoms with Gasteiger partial charge in [-0.05, 0) is 33.3 Å². The molecule has 23 heavy (non-hydrogen) atoms. The summed E-state index contributed by atoms with van der Waals surface area (Å²) in [5, 5.41) is 10.4. The largest absolute Gasteiger partial charge is 0.354 e. The summed E-state index contributed by atoms with van der Waals surface area (Å²) < 4.78 is 1.88. The van der Waals surface area contributed by atoms with E-state index in [1.165, 1.54) is 0 Å². The standard InChI is InChI=1S/C15H28N6O.HI/c1-12-9-18-21(10-12)8-7-17-14(16-5)20(6)11-13(22)19-15(2,3)4;/h9-10H,7-8,11H2,1-6H3,(H,16,17)(H,19,22);1H. The van der Waals surface area contributed by atoms with Crippen LogP contribution in [0.2, 0.25) is 0 Å². The Balaban J connectivity index is 0.00000484. The van der Waals surface area contributed by atoms with E-state index in [0.717, 1.165) is 12.1 Å². The van der Waals surface area contributed by atoms with Gasteiger partial charge in [0.05, 0.1) is 19.3 Å². The molecule has 2 N–H and O–H groups in total. The molecule has 1 rings (SSSR count). The lowest BCUT2D eigenvalue weighted by Crippen LogP contribution is -2.49. The average Bonchev–Trinajstić information content (AvgIpc) is 2.77. The zero-order valence-electron chi connectivity index (χ0n) is 14.9. The molecule has 132 valence electrons. The Hall–Kier alpha value is -1.32. The van der Waals surface area contributed by atoms with Gasteiger partial charge < -0.3 is 15.5 Å². The van der Waals surface area contributed by atoms with Crippen LogP contribution in [0.1, 0.15) is 26.3 Å². The number of guanidine groups is 1. The first kappa shape index (κ1) is 21.7. The Bertz CT molecular complexity index is 520. The van der Waals surface area contributed by atoms with Crippen LogP contribution in [0.5, 0.6) is 0 Å². The van der Waals surface area contributed by atoms with Crippen molar-refractivity contribution < 1.29 is 4.79 Å². The number of likely N-dealkylation sites (N-methyl/N-ethyl adjacent to an activating group) is 1. The lowest BCUT2D eigenvalue weighted by molar-refractivity contribution is -0.122. The fraction of sp³-hybridized carbons (Fsp3) is 0.667. The van der Waals surface area contributed by atoms with Crippen molar-refractivity contribution in [1.82, 2.24) is 25.3 Å². The summed E-state index contributed by atoms with van der Waals surface area (Å²) in [4.78, 5) is 17.9. The predicted octanol–water partition coefficient (Wildman–Crippen LogP) is 1.23. The molecule has 0 unspecified atom stereocenters. The van der Waals surface area contributed by atoms with Crippen LogP contribution in [-0.2, 0) is 11.3 Å². The van der Waals surface area contributed by atoms with Crippen LogP contribution in [0.15, 0.2) is 17.4 Å². The van der Waals surface area contributed by atoms with Gasteiger partial charge in [-0.1, -0.05) is 0 Å². The summed E-state index contributed by atoms with van der Waals surface area (Å²) in [6.07, 6.45) is 3.82. The van der Waals surface area contributed by atoms with Gasteiger partial charge in [-0.15, -0.1) is 24.0 Å². The van der Waals surface area contributed by atoms with Gasteiger partial charge in [0, 0.05) is 32.4 Å². The molecule has 0 saturated carbocycles. The molecule has 1 heterocycles. The summed E-state index contributed by atoms with van der Waals surface area (Å²) in [5.41, 5.74) is 0.910. The number of hydrogen-bond acceptors (Lipinski definition) is 3. The molecule has 1 aromatic heterocycles. The lowest BCUT2D eigenvalue weighted by Gasteiger charge is -2.25. The van der Waals surface area contributed by atoms with E-state index in [2.05, 4.69) is 20.7 Å². The number of nitrogens with zero attached hydrogens (tertiary/aromatic N) is 4. The maximum Gasteiger partial charge on any atom is 0.240 e. The Morgan fingerprint density at radius 3 is 2.57 bits per heavy atom. The smallest absolute Gasteiger partial charge is 0.240 e. The topological polar surface area (TPSA) is 74.5 Å². The molecule has 0 aliphatic heterocycles. The molecule has 0 bridgehead atoms. The minimum absolute atomic E-state index is 0. The Morgan fingerprint density at radius 1 is 1.43 bits per heavy atom. The van der Waals surface area contributed by atoms with Crippen molar-refractivity contribution in [1.29, 1.82) is 0 Å². The van der Waals surface area contributed by atoms with Gasteiger partial charge >= 0.3 is 0 Å². The van der Waals surface area contributed by atoms with E-state index in [1.54, 1.807) is 11.9 Å². The molecule has 0 spiro atoms. The fourth-order valence-electron chi connectivity index (χ4n) is 2.00. The van der Waals surface area contributed by atoms with Gasteiger partial charge in [-0.25, -0.2) is 0 Å². The molecule has 8 heteroatoms. The number of halogens is 1. The quantitative estimate of drug-likeness (QED) is 0.414. The zero-order valence-corrected chi connectivity index (χ0v) is 17.2. The van der Waals surface area contributed by atoms with Crippen LogP contribution in [0.25, 0.3) is 0 Å². The number of rotatable bonds is 5. The van der Waals surface area contributed by atoms with Crippen LogP contribution >= 0.6 is 24.0 Å². The first-order valence-electron chi connectivity index (χ1n) is 7.43. The van der Waals surface area contributed by atoms with Crippen molar-refractivity contribution in [2.45, 2.75) is 39.8 Å². The molecular weight excluding hydrogens is 407 g/mol. The second-order valence-electron chi connectivity index (χ2n) is 6.41. The van der Waals surface area contributed by atoms with Gasteiger partial charge in [0.2, 0.25) is 5.91 Å². The van der Waals surface area contributed by atoms with Crippen molar-refractivity contribution in [2.24, 2.45) is 4.99 Å². The number of carbonyl (C=O) groups excluding carboxylic acids is 1. The molecule has 1 aromatic rings. The van der Waals surface area contributed by atoms with Gasteiger partial charge in [0.25, 0.3) is 0 Å². The SMILES string of the molecule is CN=C(NCCn1cc(C)cn1)N(C)CC(=O)NC(C)(C)C.I. The highest BCUT2D eigenvalue weighted by atomic mass is 127. The molecule has 0 aliphatic rings. The molecule has 0 radical (unpaired) electrons. The highest BCUT2D eigenvalue weighted by molar-refractivity contribution is 14.0. The first-order valence-corrected chi connectivity index (χ1v) is 7.43. The molecule has 0 atom stereocenters. The Kier molecular flexibility index (Phi) is 9.18. The van der Waals surface area contributed by atoms with E-state index in [1.807, 2.05) is 51.8 Å². The van der Waals surface area contributed by atoms with Gasteiger partial charge in [0.15, 0.2) is 5.96 Å². The number of aromatic nitrogens is 2. The molecule has 0 aliphatic carbocycles. The Labute approximate surface area is 155 Å². The van der Waals surface area contributed by atoms with E-state index >= 15 is 0 Å². The number of aliphatic imine (C=N–C) groups is 1. The van der Waals surface area contributed by atoms with E-state index in [0.29, 0.717) is 12.5 Å². The zero-order chi connectivity index (χ0) is 16.8. The third kappa shape index (κ3) is 8.77. The summed E-state index contributed by atoms with van der Waals surface area (Å²) >= 11 is 0. The van der Waals surface area contributed by atoms with Gasteiger partial charge in [-0.3, -0.25) is 14.5 Å². The number of hydrogen-bond donors (Lipinski definition) is 2. The molecule has 0 saturated heterocycles. The molecule has 7 nitrogen and oxygen atoms in total. The van der Waals surface area contributed by atoms with Crippen LogP contribution in [0.4, 0.5) is 0 Å². The molecule has 0 aromatic carbocycles. The second kappa shape index (κ2) is 9.74. The van der Waals surface area contributed by atoms with E-state index < -0.39 is 0 Å². The normalized spacial score (nSPS) is 11.7. The number of aryl methyl sites for hydroxylation is 1. The fourth-order valence-corrected chi connectivity index (χ4v) is 2.00. The summed E-state index contributed by atoms with van der Waals surface area (Å²) in [6.45, 7) is 9.60. The molecular formula is C15H29IN6O. The number of amides is 1. The van der Waals surface area contributed by atoms with Crippen molar-refractivity contribution in [2.75, 3.05) is 27.2 Å². The third-order valence-corrected chi connectivity index (χ3v) is 2.85. The molecule has 0 fully saturated rings.